The fourth-order valence-corrected chi connectivity index (χ4v) is 3.67. The largest absolute Gasteiger partial charge is 0.489 e. The van der Waals surface area contributed by atoms with Crippen LogP contribution in [0.5, 0.6) is 11.5 Å². The molecule has 42 heavy (non-hydrogen) atoms. The topological polar surface area (TPSA) is 18.5 Å². The van der Waals surface area contributed by atoms with E-state index in [1.54, 1.807) is 0 Å². The van der Waals surface area contributed by atoms with Crippen molar-refractivity contribution in [3.05, 3.63) is 130 Å². The maximum absolute atomic E-state index is 14.8. The molecule has 0 aromatic heterocycles. The first-order valence-corrected chi connectivity index (χ1v) is 11.6. The van der Waals surface area contributed by atoms with Crippen LogP contribution in [-0.4, -0.2) is 6.61 Å². The Morgan fingerprint density at radius 2 is 1.24 bits per heavy atom. The maximum Gasteiger partial charge on any atom is 0.432 e. The van der Waals surface area contributed by atoms with Crippen LogP contribution in [-0.2, 0) is 6.11 Å². The average molecular weight is 596 g/mol. The van der Waals surface area contributed by atoms with Gasteiger partial charge in [-0.3, -0.25) is 0 Å². The van der Waals surface area contributed by atoms with E-state index in [0.29, 0.717) is 42.5 Å². The molecule has 4 rings (SSSR count). The molecule has 0 unspecified atom stereocenters. The smallest absolute Gasteiger partial charge is 0.432 e. The summed E-state index contributed by atoms with van der Waals surface area (Å²) in [5.74, 6) is -9.44. The van der Waals surface area contributed by atoms with E-state index < -0.39 is 92.0 Å². The van der Waals surface area contributed by atoms with E-state index in [0.717, 1.165) is 12.1 Å². The minimum absolute atomic E-state index is 0.154. The van der Waals surface area contributed by atoms with E-state index in [4.69, 9.17) is 4.74 Å². The highest BCUT2D eigenvalue weighted by molar-refractivity contribution is 5.66. The lowest BCUT2D eigenvalue weighted by Gasteiger charge is -2.20. The van der Waals surface area contributed by atoms with Gasteiger partial charge in [-0.2, -0.15) is 8.78 Å². The van der Waals surface area contributed by atoms with Gasteiger partial charge in [-0.1, -0.05) is 24.5 Å². The molecule has 2 nitrogen and oxygen atoms in total. The van der Waals surface area contributed by atoms with Crippen LogP contribution >= 0.6 is 0 Å². The van der Waals surface area contributed by atoms with Crippen molar-refractivity contribution in [2.45, 2.75) is 6.11 Å². The molecule has 0 aliphatic rings. The summed E-state index contributed by atoms with van der Waals surface area (Å²) in [5, 5.41) is 0. The van der Waals surface area contributed by atoms with Crippen molar-refractivity contribution in [2.24, 2.45) is 0 Å². The maximum atomic E-state index is 14.8. The van der Waals surface area contributed by atoms with Crippen molar-refractivity contribution in [3.63, 3.8) is 0 Å². The van der Waals surface area contributed by atoms with Gasteiger partial charge >= 0.3 is 6.11 Å². The molecule has 12 heteroatoms. The van der Waals surface area contributed by atoms with Gasteiger partial charge in [0.1, 0.15) is 52.8 Å². The third kappa shape index (κ3) is 6.35. The zero-order valence-electron chi connectivity index (χ0n) is 20.8. The second kappa shape index (κ2) is 11.9. The van der Waals surface area contributed by atoms with Gasteiger partial charge in [0.05, 0.1) is 5.56 Å². The van der Waals surface area contributed by atoms with Crippen LogP contribution < -0.4 is 9.47 Å². The van der Waals surface area contributed by atoms with E-state index in [2.05, 4.69) is 17.2 Å². The molecular weight excluding hydrogens is 582 g/mol. The predicted octanol–water partition coefficient (Wildman–Crippen LogP) is 8.56. The number of benzene rings is 4. The Labute approximate surface area is 231 Å². The number of alkyl halides is 2. The van der Waals surface area contributed by atoms with Gasteiger partial charge in [0.2, 0.25) is 0 Å². The van der Waals surface area contributed by atoms with Crippen LogP contribution in [0.3, 0.4) is 0 Å². The Morgan fingerprint density at radius 1 is 0.667 bits per heavy atom. The lowest BCUT2D eigenvalue weighted by Crippen LogP contribution is -2.25. The molecule has 0 heterocycles. The van der Waals surface area contributed by atoms with Gasteiger partial charge in [0.15, 0.2) is 17.5 Å². The standard InChI is InChI=1S/C30H14F10O2/c1-2-7-41-18-13-24(34)28(25(35)14-18)30(39,40)42-17-4-6-19(23(33)12-17)16-10-21(31)20(22(32)11-16)5-3-15-8-26(36)29(38)27(37)9-15/h2,4,6,8-14H,1,7H2. The van der Waals surface area contributed by atoms with E-state index >= 15 is 0 Å². The van der Waals surface area contributed by atoms with Crippen LogP contribution in [0.1, 0.15) is 16.7 Å². The third-order valence-corrected chi connectivity index (χ3v) is 5.53. The summed E-state index contributed by atoms with van der Waals surface area (Å²) < 4.78 is 151. The summed E-state index contributed by atoms with van der Waals surface area (Å²) in [7, 11) is 0. The Hall–Kier alpha value is -4.92. The van der Waals surface area contributed by atoms with Crippen molar-refractivity contribution < 1.29 is 53.4 Å². The second-order valence-electron chi connectivity index (χ2n) is 8.44. The molecule has 0 fully saturated rings. The van der Waals surface area contributed by atoms with Gasteiger partial charge in [-0.25, -0.2) is 35.1 Å². The van der Waals surface area contributed by atoms with Gasteiger partial charge < -0.3 is 9.47 Å². The number of hydrogen-bond acceptors (Lipinski definition) is 2. The van der Waals surface area contributed by atoms with E-state index in [9.17, 15) is 43.9 Å². The van der Waals surface area contributed by atoms with Crippen molar-refractivity contribution in [1.82, 2.24) is 0 Å². The summed E-state index contributed by atoms with van der Waals surface area (Å²) in [6, 6.07) is 5.30. The van der Waals surface area contributed by atoms with Gasteiger partial charge in [-0.05, 0) is 42.0 Å². The summed E-state index contributed by atoms with van der Waals surface area (Å²) in [6.07, 6.45) is -3.36. The minimum atomic E-state index is -4.62. The lowest BCUT2D eigenvalue weighted by atomic mass is 10.0. The molecular formula is C30H14F10O2. The van der Waals surface area contributed by atoms with Crippen molar-refractivity contribution in [1.29, 1.82) is 0 Å². The van der Waals surface area contributed by atoms with Crippen molar-refractivity contribution in [3.8, 4) is 34.5 Å². The number of halogens is 10. The van der Waals surface area contributed by atoms with Gasteiger partial charge in [-0.15, -0.1) is 0 Å². The van der Waals surface area contributed by atoms with E-state index in [1.807, 2.05) is 5.92 Å². The minimum Gasteiger partial charge on any atom is -0.489 e. The van der Waals surface area contributed by atoms with Crippen LogP contribution in [0.4, 0.5) is 43.9 Å². The normalized spacial score (nSPS) is 11.1. The fourth-order valence-electron chi connectivity index (χ4n) is 3.67. The van der Waals surface area contributed by atoms with Gasteiger partial charge in [0, 0.05) is 29.3 Å². The fraction of sp³-hybridized carbons (Fsp3) is 0.0667. The number of rotatable bonds is 7. The molecule has 216 valence electrons. The third-order valence-electron chi connectivity index (χ3n) is 5.53. The monoisotopic (exact) mass is 596 g/mol. The molecule has 0 saturated carbocycles. The van der Waals surface area contributed by atoms with Crippen LogP contribution in [0, 0.1) is 58.4 Å². The Kier molecular flexibility index (Phi) is 8.51. The first-order valence-electron chi connectivity index (χ1n) is 11.6. The molecule has 0 amide bonds. The summed E-state index contributed by atoms with van der Waals surface area (Å²) >= 11 is 0. The molecule has 4 aromatic carbocycles. The average Bonchev–Trinajstić information content (AvgIpc) is 2.89. The highest BCUT2D eigenvalue weighted by atomic mass is 19.3. The SMILES string of the molecule is C=CCOc1cc(F)c(C(F)(F)Oc2ccc(-c3cc(F)c(C#Cc4cc(F)c(F)c(F)c4)c(F)c3)c(F)c2)c(F)c1. The zero-order chi connectivity index (χ0) is 30.8. The molecule has 4 aromatic rings. The summed E-state index contributed by atoms with van der Waals surface area (Å²) in [5.41, 5.74) is -3.95. The van der Waals surface area contributed by atoms with Crippen LogP contribution in [0.2, 0.25) is 0 Å². The first kappa shape index (κ1) is 30.0. The molecule has 0 atom stereocenters. The number of ether oxygens (including phenoxy) is 2. The molecule has 0 aliphatic heterocycles. The Morgan fingerprint density at radius 3 is 1.79 bits per heavy atom. The highest BCUT2D eigenvalue weighted by Crippen LogP contribution is 2.38. The molecule has 0 radical (unpaired) electrons. The predicted molar refractivity (Wildman–Crippen MR) is 131 cm³/mol. The second-order valence-corrected chi connectivity index (χ2v) is 8.44. The summed E-state index contributed by atoms with van der Waals surface area (Å²) in [4.78, 5) is 0. The van der Waals surface area contributed by atoms with Crippen LogP contribution in [0.15, 0.2) is 67.3 Å². The van der Waals surface area contributed by atoms with Gasteiger partial charge in [0.25, 0.3) is 0 Å². The van der Waals surface area contributed by atoms with Crippen LogP contribution in [0.25, 0.3) is 11.1 Å². The molecule has 0 spiro atoms. The molecule has 0 saturated heterocycles. The Balaban J connectivity index is 1.59. The van der Waals surface area contributed by atoms with Crippen molar-refractivity contribution in [2.75, 3.05) is 6.61 Å². The van der Waals surface area contributed by atoms with Crippen molar-refractivity contribution >= 4 is 0 Å². The first-order chi connectivity index (χ1) is 19.8. The Bertz CT molecular complexity index is 1690. The van der Waals surface area contributed by atoms with E-state index in [-0.39, 0.29) is 6.61 Å². The zero-order valence-corrected chi connectivity index (χ0v) is 20.8. The lowest BCUT2D eigenvalue weighted by molar-refractivity contribution is -0.189. The summed E-state index contributed by atoms with van der Waals surface area (Å²) in [6.45, 7) is 3.18. The molecule has 0 bridgehead atoms. The van der Waals surface area contributed by atoms with E-state index in [1.165, 1.54) is 6.08 Å². The molecule has 0 aliphatic carbocycles. The molecule has 0 N–H and O–H groups in total. The number of hydrogen-bond donors (Lipinski definition) is 0. The quantitative estimate of drug-likeness (QED) is 0.0922. The highest BCUT2D eigenvalue weighted by Gasteiger charge is 2.41.